The Bertz CT molecular complexity index is 620. The second-order valence-corrected chi connectivity index (χ2v) is 4.71. The van der Waals surface area contributed by atoms with Crippen molar-refractivity contribution in [1.29, 1.82) is 0 Å². The van der Waals surface area contributed by atoms with Crippen molar-refractivity contribution in [3.05, 3.63) is 40.9 Å². The van der Waals surface area contributed by atoms with Gasteiger partial charge in [0.05, 0.1) is 19.4 Å². The molecule has 0 saturated heterocycles. The first-order chi connectivity index (χ1) is 10.2. The minimum atomic E-state index is 0.425. The third-order valence-corrected chi connectivity index (χ3v) is 3.27. The third kappa shape index (κ3) is 3.70. The molecule has 0 spiro atoms. The number of nitrogens with two attached hydrogens (primary N) is 1. The molecular formula is C15H18ClN3O2. The van der Waals surface area contributed by atoms with E-state index in [1.165, 1.54) is 0 Å². The molecule has 1 aromatic carbocycles. The van der Waals surface area contributed by atoms with Gasteiger partial charge in [-0.25, -0.2) is 0 Å². The molecule has 0 saturated carbocycles. The predicted octanol–water partition coefficient (Wildman–Crippen LogP) is 3.34. The topological polar surface area (TPSA) is 69.4 Å². The highest BCUT2D eigenvalue weighted by Gasteiger charge is 2.09. The van der Waals surface area contributed by atoms with Crippen LogP contribution in [0, 0.1) is 0 Å². The van der Waals surface area contributed by atoms with Crippen LogP contribution in [0.3, 0.4) is 0 Å². The van der Waals surface area contributed by atoms with E-state index in [1.807, 2.05) is 25.1 Å². The van der Waals surface area contributed by atoms with Crippen LogP contribution in [-0.2, 0) is 6.54 Å². The largest absolute Gasteiger partial charge is 0.496 e. The van der Waals surface area contributed by atoms with Gasteiger partial charge in [0.2, 0.25) is 5.88 Å². The van der Waals surface area contributed by atoms with Gasteiger partial charge in [0.25, 0.3) is 0 Å². The Balaban J connectivity index is 2.15. The number of benzene rings is 1. The van der Waals surface area contributed by atoms with Crippen LogP contribution in [0.5, 0.6) is 11.6 Å². The summed E-state index contributed by atoms with van der Waals surface area (Å²) in [6.07, 6.45) is 0. The molecule has 0 amide bonds. The zero-order chi connectivity index (χ0) is 15.2. The minimum absolute atomic E-state index is 0.425. The SMILES string of the molecule is CCOc1nc(NCc2c(Cl)cccc2OC)ccc1N. The van der Waals surface area contributed by atoms with Gasteiger partial charge in [0, 0.05) is 17.1 Å². The summed E-state index contributed by atoms with van der Waals surface area (Å²) >= 11 is 6.20. The summed E-state index contributed by atoms with van der Waals surface area (Å²) in [5.41, 5.74) is 7.18. The van der Waals surface area contributed by atoms with Crippen LogP contribution < -0.4 is 20.5 Å². The van der Waals surface area contributed by atoms with Crippen LogP contribution in [0.25, 0.3) is 0 Å². The molecule has 1 aromatic heterocycles. The number of ether oxygens (including phenoxy) is 2. The van der Waals surface area contributed by atoms with E-state index in [9.17, 15) is 0 Å². The molecule has 3 N–H and O–H groups in total. The molecule has 0 unspecified atom stereocenters. The van der Waals surface area contributed by atoms with Gasteiger partial charge in [0.1, 0.15) is 11.6 Å². The molecule has 0 aliphatic rings. The Labute approximate surface area is 129 Å². The van der Waals surface area contributed by atoms with E-state index in [1.54, 1.807) is 19.2 Å². The van der Waals surface area contributed by atoms with Crippen molar-refractivity contribution in [3.63, 3.8) is 0 Å². The summed E-state index contributed by atoms with van der Waals surface area (Å²) in [5, 5.41) is 3.83. The maximum Gasteiger partial charge on any atom is 0.239 e. The molecule has 5 nitrogen and oxygen atoms in total. The van der Waals surface area contributed by atoms with Crippen molar-refractivity contribution in [2.45, 2.75) is 13.5 Å². The Hall–Kier alpha value is -2.14. The van der Waals surface area contributed by atoms with Crippen molar-refractivity contribution < 1.29 is 9.47 Å². The van der Waals surface area contributed by atoms with Crippen LogP contribution in [0.4, 0.5) is 11.5 Å². The number of nitrogens with one attached hydrogen (secondary N) is 1. The summed E-state index contributed by atoms with van der Waals surface area (Å²) in [7, 11) is 1.61. The maximum absolute atomic E-state index is 6.20. The van der Waals surface area contributed by atoms with E-state index < -0.39 is 0 Å². The van der Waals surface area contributed by atoms with Crippen LogP contribution in [0.15, 0.2) is 30.3 Å². The lowest BCUT2D eigenvalue weighted by Gasteiger charge is -2.13. The quantitative estimate of drug-likeness (QED) is 0.856. The highest BCUT2D eigenvalue weighted by Crippen LogP contribution is 2.27. The zero-order valence-electron chi connectivity index (χ0n) is 12.0. The average molecular weight is 308 g/mol. The molecule has 0 aliphatic carbocycles. The van der Waals surface area contributed by atoms with Crippen LogP contribution >= 0.6 is 11.6 Å². The monoisotopic (exact) mass is 307 g/mol. The predicted molar refractivity (Wildman–Crippen MR) is 85.1 cm³/mol. The molecule has 6 heteroatoms. The summed E-state index contributed by atoms with van der Waals surface area (Å²) < 4.78 is 10.7. The lowest BCUT2D eigenvalue weighted by Crippen LogP contribution is -2.06. The number of hydrogen-bond donors (Lipinski definition) is 2. The summed E-state index contributed by atoms with van der Waals surface area (Å²) in [6.45, 7) is 2.89. The Kier molecular flexibility index (Phi) is 5.11. The molecule has 0 radical (unpaired) electrons. The standard InChI is InChI=1S/C15H18ClN3O2/c1-3-21-15-12(17)7-8-14(19-15)18-9-10-11(16)5-4-6-13(10)20-2/h4-8H,3,9,17H2,1-2H3,(H,18,19). The number of methoxy groups -OCH3 is 1. The fourth-order valence-electron chi connectivity index (χ4n) is 1.88. The first-order valence-corrected chi connectivity index (χ1v) is 6.98. The van der Waals surface area contributed by atoms with Gasteiger partial charge in [-0.05, 0) is 31.2 Å². The van der Waals surface area contributed by atoms with E-state index >= 15 is 0 Å². The van der Waals surface area contributed by atoms with Crippen molar-refractivity contribution in [1.82, 2.24) is 4.98 Å². The average Bonchev–Trinajstić information content (AvgIpc) is 2.49. The van der Waals surface area contributed by atoms with Gasteiger partial charge in [-0.3, -0.25) is 0 Å². The fourth-order valence-corrected chi connectivity index (χ4v) is 2.12. The Morgan fingerprint density at radius 3 is 2.81 bits per heavy atom. The molecule has 0 atom stereocenters. The molecule has 1 heterocycles. The number of anilines is 2. The fraction of sp³-hybridized carbons (Fsp3) is 0.267. The normalized spacial score (nSPS) is 10.2. The van der Waals surface area contributed by atoms with Crippen LogP contribution in [0.1, 0.15) is 12.5 Å². The number of nitrogens with zero attached hydrogens (tertiary/aromatic N) is 1. The second kappa shape index (κ2) is 7.04. The van der Waals surface area contributed by atoms with E-state index in [2.05, 4.69) is 10.3 Å². The molecule has 2 aromatic rings. The first-order valence-electron chi connectivity index (χ1n) is 6.60. The van der Waals surface area contributed by atoms with E-state index in [-0.39, 0.29) is 0 Å². The molecule has 112 valence electrons. The number of aromatic nitrogens is 1. The lowest BCUT2D eigenvalue weighted by atomic mass is 10.2. The highest BCUT2D eigenvalue weighted by molar-refractivity contribution is 6.31. The minimum Gasteiger partial charge on any atom is -0.496 e. The van der Waals surface area contributed by atoms with Gasteiger partial charge in [-0.1, -0.05) is 17.7 Å². The van der Waals surface area contributed by atoms with Gasteiger partial charge >= 0.3 is 0 Å². The smallest absolute Gasteiger partial charge is 0.239 e. The number of hydrogen-bond acceptors (Lipinski definition) is 5. The van der Waals surface area contributed by atoms with E-state index in [4.69, 9.17) is 26.8 Å². The van der Waals surface area contributed by atoms with Crippen molar-refractivity contribution in [2.75, 3.05) is 24.8 Å². The molecule has 2 rings (SSSR count). The van der Waals surface area contributed by atoms with Crippen molar-refractivity contribution in [3.8, 4) is 11.6 Å². The van der Waals surface area contributed by atoms with Crippen LogP contribution in [-0.4, -0.2) is 18.7 Å². The number of pyridine rings is 1. The van der Waals surface area contributed by atoms with Gasteiger partial charge in [0.15, 0.2) is 0 Å². The maximum atomic E-state index is 6.20. The molecule has 0 bridgehead atoms. The van der Waals surface area contributed by atoms with Crippen LogP contribution in [0.2, 0.25) is 5.02 Å². The Morgan fingerprint density at radius 1 is 1.29 bits per heavy atom. The second-order valence-electron chi connectivity index (χ2n) is 4.30. The van der Waals surface area contributed by atoms with E-state index in [0.29, 0.717) is 35.6 Å². The number of halogens is 1. The molecule has 0 aliphatic heterocycles. The zero-order valence-corrected chi connectivity index (χ0v) is 12.8. The number of rotatable bonds is 6. The third-order valence-electron chi connectivity index (χ3n) is 2.91. The lowest BCUT2D eigenvalue weighted by molar-refractivity contribution is 0.329. The van der Waals surface area contributed by atoms with Gasteiger partial charge < -0.3 is 20.5 Å². The summed E-state index contributed by atoms with van der Waals surface area (Å²) in [6, 6.07) is 9.08. The number of nitrogen functional groups attached to an aromatic ring is 1. The molecular weight excluding hydrogens is 290 g/mol. The van der Waals surface area contributed by atoms with Gasteiger partial charge in [-0.15, -0.1) is 0 Å². The van der Waals surface area contributed by atoms with E-state index in [0.717, 1.165) is 11.3 Å². The van der Waals surface area contributed by atoms with Gasteiger partial charge in [-0.2, -0.15) is 4.98 Å². The first kappa shape index (κ1) is 15.3. The molecule has 0 fully saturated rings. The van der Waals surface area contributed by atoms with Crippen molar-refractivity contribution >= 4 is 23.1 Å². The summed E-state index contributed by atoms with van der Waals surface area (Å²) in [5.74, 6) is 1.82. The highest BCUT2D eigenvalue weighted by atomic mass is 35.5. The van der Waals surface area contributed by atoms with Crippen molar-refractivity contribution in [2.24, 2.45) is 0 Å². The molecule has 21 heavy (non-hydrogen) atoms. The Morgan fingerprint density at radius 2 is 2.10 bits per heavy atom. The summed E-state index contributed by atoms with van der Waals surface area (Å²) in [4.78, 5) is 4.32.